The van der Waals surface area contributed by atoms with Gasteiger partial charge in [-0.1, -0.05) is 65.2 Å². The fourth-order valence-corrected chi connectivity index (χ4v) is 3.91. The molecule has 0 bridgehead atoms. The summed E-state index contributed by atoms with van der Waals surface area (Å²) in [7, 11) is 1.99. The number of ether oxygens (including phenoxy) is 1. The topological polar surface area (TPSA) is 29.5 Å². The number of allylic oxidation sites excluding steroid dienone is 4. The van der Waals surface area contributed by atoms with E-state index < -0.39 is 5.97 Å². The molecule has 0 amide bonds. The first kappa shape index (κ1) is 18.2. The second-order valence-electron chi connectivity index (χ2n) is 6.20. The van der Waals surface area contributed by atoms with Crippen molar-refractivity contribution in [3.05, 3.63) is 86.5 Å². The quantitative estimate of drug-likeness (QED) is 0.325. The van der Waals surface area contributed by atoms with E-state index >= 15 is 0 Å². The number of fused-ring (bicyclic) bond motifs is 2. The molecule has 4 rings (SSSR count). The second kappa shape index (κ2) is 7.08. The van der Waals surface area contributed by atoms with E-state index in [4.69, 9.17) is 39.5 Å². The molecule has 0 spiro atoms. The standard InChI is InChI=1S/C21H14Cl3NO2/c1-25-17-8-4-2-6-12(17)20(13-7-3-5-9-18(13)25)21(26)27-19-11-15(23)14(22)10-16(19)24/h2-6,8-11H,7H2,1H3. The van der Waals surface area contributed by atoms with Crippen LogP contribution < -0.4 is 9.64 Å². The lowest BCUT2D eigenvalue weighted by molar-refractivity contribution is -0.127. The number of rotatable bonds is 2. The minimum Gasteiger partial charge on any atom is -0.421 e. The van der Waals surface area contributed by atoms with Crippen LogP contribution in [-0.2, 0) is 4.79 Å². The van der Waals surface area contributed by atoms with Gasteiger partial charge in [0.1, 0.15) is 0 Å². The van der Waals surface area contributed by atoms with Crippen LogP contribution in [0.2, 0.25) is 15.1 Å². The number of nitrogens with zero attached hydrogens (tertiary/aromatic N) is 1. The molecule has 0 fully saturated rings. The van der Waals surface area contributed by atoms with E-state index in [0.717, 1.165) is 22.5 Å². The minimum absolute atomic E-state index is 0.178. The predicted molar refractivity (Wildman–Crippen MR) is 111 cm³/mol. The summed E-state index contributed by atoms with van der Waals surface area (Å²) in [6.45, 7) is 0. The molecule has 2 aliphatic rings. The number of para-hydroxylation sites is 1. The molecule has 0 saturated carbocycles. The third kappa shape index (κ3) is 3.16. The molecule has 136 valence electrons. The molecule has 1 heterocycles. The van der Waals surface area contributed by atoms with E-state index in [1.54, 1.807) is 0 Å². The summed E-state index contributed by atoms with van der Waals surface area (Å²) in [5.74, 6) is -0.301. The largest absolute Gasteiger partial charge is 0.421 e. The summed E-state index contributed by atoms with van der Waals surface area (Å²) in [6, 6.07) is 10.7. The number of carbonyl (C=O) groups is 1. The number of likely N-dealkylation sites (N-methyl/N-ethyl adjacent to an activating group) is 1. The van der Waals surface area contributed by atoms with Crippen LogP contribution in [0.5, 0.6) is 5.75 Å². The monoisotopic (exact) mass is 417 g/mol. The highest BCUT2D eigenvalue weighted by Crippen LogP contribution is 2.43. The molecular weight excluding hydrogens is 405 g/mol. The van der Waals surface area contributed by atoms with E-state index in [0.29, 0.717) is 17.0 Å². The maximum atomic E-state index is 13.2. The third-order valence-corrected chi connectivity index (χ3v) is 5.62. The molecule has 3 nitrogen and oxygen atoms in total. The highest BCUT2D eigenvalue weighted by atomic mass is 35.5. The molecule has 0 aromatic heterocycles. The van der Waals surface area contributed by atoms with Crippen LogP contribution >= 0.6 is 34.8 Å². The predicted octanol–water partition coefficient (Wildman–Crippen LogP) is 6.30. The van der Waals surface area contributed by atoms with Gasteiger partial charge in [0.15, 0.2) is 5.75 Å². The van der Waals surface area contributed by atoms with Crippen molar-refractivity contribution in [2.45, 2.75) is 6.42 Å². The Morgan fingerprint density at radius 1 is 1.07 bits per heavy atom. The smallest absolute Gasteiger partial charge is 0.344 e. The zero-order chi connectivity index (χ0) is 19.1. The van der Waals surface area contributed by atoms with Gasteiger partial charge in [-0.05, 0) is 30.2 Å². The average molecular weight is 419 g/mol. The van der Waals surface area contributed by atoms with E-state index in [-0.39, 0.29) is 15.8 Å². The number of benzene rings is 2. The van der Waals surface area contributed by atoms with Crippen molar-refractivity contribution in [3.63, 3.8) is 0 Å². The van der Waals surface area contributed by atoms with Gasteiger partial charge in [0.25, 0.3) is 0 Å². The molecule has 2 aromatic rings. The highest BCUT2D eigenvalue weighted by Gasteiger charge is 2.31. The van der Waals surface area contributed by atoms with Crippen LogP contribution in [-0.4, -0.2) is 13.0 Å². The van der Waals surface area contributed by atoms with E-state index in [2.05, 4.69) is 4.90 Å². The van der Waals surface area contributed by atoms with Crippen LogP contribution in [0.15, 0.2) is 65.9 Å². The van der Waals surface area contributed by atoms with E-state index in [9.17, 15) is 4.79 Å². The summed E-state index contributed by atoms with van der Waals surface area (Å²) in [5, 5.41) is 0.797. The van der Waals surface area contributed by atoms with Crippen LogP contribution in [0.1, 0.15) is 12.0 Å². The second-order valence-corrected chi connectivity index (χ2v) is 7.42. The average Bonchev–Trinajstić information content (AvgIpc) is 2.66. The van der Waals surface area contributed by atoms with Gasteiger partial charge in [-0.2, -0.15) is 0 Å². The minimum atomic E-state index is -0.480. The summed E-state index contributed by atoms with van der Waals surface area (Å²) < 4.78 is 5.62. The number of hydrogen-bond acceptors (Lipinski definition) is 3. The van der Waals surface area contributed by atoms with Gasteiger partial charge in [0.05, 0.1) is 20.6 Å². The van der Waals surface area contributed by atoms with Crippen LogP contribution in [0, 0.1) is 0 Å². The molecule has 6 heteroatoms. The number of carbonyl (C=O) groups excluding carboxylic acids is 1. The molecule has 0 unspecified atom stereocenters. The van der Waals surface area contributed by atoms with E-state index in [1.807, 2.05) is 49.5 Å². The maximum Gasteiger partial charge on any atom is 0.344 e. The first-order chi connectivity index (χ1) is 13.0. The number of halogens is 3. The van der Waals surface area contributed by atoms with E-state index in [1.165, 1.54) is 12.1 Å². The lowest BCUT2D eigenvalue weighted by Crippen LogP contribution is -2.28. The van der Waals surface area contributed by atoms with Crippen LogP contribution in [0.4, 0.5) is 5.69 Å². The molecule has 1 aliphatic carbocycles. The maximum absolute atomic E-state index is 13.2. The van der Waals surface area contributed by atoms with Gasteiger partial charge >= 0.3 is 5.97 Å². The first-order valence-electron chi connectivity index (χ1n) is 8.27. The first-order valence-corrected chi connectivity index (χ1v) is 9.41. The number of anilines is 1. The van der Waals surface area contributed by atoms with Crippen molar-refractivity contribution in [2.75, 3.05) is 11.9 Å². The van der Waals surface area contributed by atoms with Crippen molar-refractivity contribution in [1.29, 1.82) is 0 Å². The normalized spacial score (nSPS) is 15.3. The van der Waals surface area contributed by atoms with Gasteiger partial charge in [0, 0.05) is 30.1 Å². The molecule has 2 aromatic carbocycles. The Hall–Kier alpha value is -2.20. The molecule has 0 N–H and O–H groups in total. The zero-order valence-electron chi connectivity index (χ0n) is 14.3. The SMILES string of the molecule is CN1C2=CC=CCC2=C(C(=O)Oc2cc(Cl)c(Cl)cc2Cl)c2ccccc21. The third-order valence-electron chi connectivity index (χ3n) is 4.60. The lowest BCUT2D eigenvalue weighted by Gasteiger charge is -2.34. The molecule has 1 aliphatic heterocycles. The lowest BCUT2D eigenvalue weighted by atomic mass is 9.87. The molecule has 27 heavy (non-hydrogen) atoms. The van der Waals surface area contributed by atoms with Gasteiger partial charge in [-0.25, -0.2) is 4.79 Å². The number of hydrogen-bond donors (Lipinski definition) is 0. The Labute approximate surface area is 172 Å². The summed E-state index contributed by atoms with van der Waals surface area (Å²) in [5.41, 5.74) is 4.18. The van der Waals surface area contributed by atoms with Crippen molar-refractivity contribution in [3.8, 4) is 5.75 Å². The zero-order valence-corrected chi connectivity index (χ0v) is 16.6. The molecule has 0 saturated heterocycles. The number of esters is 1. The Morgan fingerprint density at radius 2 is 1.81 bits per heavy atom. The van der Waals surface area contributed by atoms with Crippen molar-refractivity contribution < 1.29 is 9.53 Å². The van der Waals surface area contributed by atoms with Gasteiger partial charge in [-0.3, -0.25) is 0 Å². The molecule has 0 atom stereocenters. The molecule has 0 radical (unpaired) electrons. The fraction of sp³-hybridized carbons (Fsp3) is 0.0952. The summed E-state index contributed by atoms with van der Waals surface area (Å²) >= 11 is 18.2. The van der Waals surface area contributed by atoms with Crippen molar-refractivity contribution in [2.24, 2.45) is 0 Å². The van der Waals surface area contributed by atoms with Crippen LogP contribution in [0.25, 0.3) is 5.57 Å². The highest BCUT2D eigenvalue weighted by molar-refractivity contribution is 6.43. The fourth-order valence-electron chi connectivity index (χ4n) is 3.33. The van der Waals surface area contributed by atoms with Crippen LogP contribution in [0.3, 0.4) is 0 Å². The van der Waals surface area contributed by atoms with Gasteiger partial charge < -0.3 is 9.64 Å². The summed E-state index contributed by atoms with van der Waals surface area (Å²) in [4.78, 5) is 15.2. The molecular formula is C21H14Cl3NO2. The van der Waals surface area contributed by atoms with Crippen molar-refractivity contribution in [1.82, 2.24) is 0 Å². The Kier molecular flexibility index (Phi) is 4.77. The Morgan fingerprint density at radius 3 is 2.63 bits per heavy atom. The van der Waals surface area contributed by atoms with Crippen molar-refractivity contribution >= 4 is 52.0 Å². The Bertz CT molecular complexity index is 1050. The summed E-state index contributed by atoms with van der Waals surface area (Å²) in [6.07, 6.45) is 6.64. The Balaban J connectivity index is 1.81. The van der Waals surface area contributed by atoms with Gasteiger partial charge in [0.2, 0.25) is 0 Å². The van der Waals surface area contributed by atoms with Gasteiger partial charge in [-0.15, -0.1) is 0 Å².